The SMILES string of the molecule is CC(C)c1ccc(C(=O)C[P+](c2ccccc2)(c2ccccc2)c2ccccc2)cc1.Fc1c(F)c(F)c([B-](c2c(F)c(F)c(F)c(F)c2F)(c2c(F)c(F)c(F)c(F)c2F)c2c(F)c(F)c(F)c(F)c2F)c(F)c1F. The van der Waals surface area contributed by atoms with E-state index in [4.69, 9.17) is 0 Å². The molecule has 0 amide bonds. The van der Waals surface area contributed by atoms with Gasteiger partial charge in [-0.25, -0.2) is 87.8 Å². The number of benzene rings is 8. The van der Waals surface area contributed by atoms with Gasteiger partial charge in [-0.2, -0.15) is 0 Å². The van der Waals surface area contributed by atoms with Gasteiger partial charge in [-0.15, -0.1) is 21.9 Å². The van der Waals surface area contributed by atoms with Crippen LogP contribution in [-0.2, 0) is 0 Å². The average Bonchev–Trinajstić information content (AvgIpc) is 3.43. The second-order valence-corrected chi connectivity index (χ2v) is 20.5. The van der Waals surface area contributed by atoms with Gasteiger partial charge >= 0.3 is 0 Å². The van der Waals surface area contributed by atoms with E-state index in [0.29, 0.717) is 12.1 Å². The highest BCUT2D eigenvalue weighted by Gasteiger charge is 2.53. The minimum absolute atomic E-state index is 0.195. The molecule has 0 heterocycles. The highest BCUT2D eigenvalue weighted by Crippen LogP contribution is 2.55. The second kappa shape index (κ2) is 21.6. The molecule has 0 radical (unpaired) electrons. The van der Waals surface area contributed by atoms with Crippen LogP contribution in [0, 0.1) is 116 Å². The van der Waals surface area contributed by atoms with Gasteiger partial charge in [0.05, 0.1) is 0 Å². The van der Waals surface area contributed by atoms with Crippen LogP contribution >= 0.6 is 7.26 Å². The van der Waals surface area contributed by atoms with Crippen molar-refractivity contribution < 1.29 is 92.6 Å². The average molecular weight is 1100 g/mol. The molecular formula is C53H28BF20OP. The molecule has 1 nitrogen and oxygen atoms in total. The van der Waals surface area contributed by atoms with Gasteiger partial charge in [0, 0.05) is 5.56 Å². The highest BCUT2D eigenvalue weighted by atomic mass is 31.2. The maximum absolute atomic E-state index is 15.4. The molecule has 0 aliphatic heterocycles. The summed E-state index contributed by atoms with van der Waals surface area (Å²) in [4.78, 5) is 13.7. The summed E-state index contributed by atoms with van der Waals surface area (Å²) in [6.07, 6.45) is -6.74. The summed E-state index contributed by atoms with van der Waals surface area (Å²) in [5.74, 6) is -70.8. The molecule has 0 aliphatic carbocycles. The van der Waals surface area contributed by atoms with Gasteiger partial charge in [0.1, 0.15) is 82.0 Å². The van der Waals surface area contributed by atoms with E-state index in [0.717, 1.165) is 5.56 Å². The summed E-state index contributed by atoms with van der Waals surface area (Å²) in [7, 11) is -2.16. The molecule has 0 aliphatic rings. The third-order valence-electron chi connectivity index (χ3n) is 12.6. The summed E-state index contributed by atoms with van der Waals surface area (Å²) < 4.78 is 294. The number of halogens is 20. The Bertz CT molecular complexity index is 3070. The highest BCUT2D eigenvalue weighted by molar-refractivity contribution is 7.96. The predicted octanol–water partition coefficient (Wildman–Crippen LogP) is 11.8. The van der Waals surface area contributed by atoms with E-state index in [9.17, 15) is 57.5 Å². The van der Waals surface area contributed by atoms with Crippen molar-refractivity contribution in [1.82, 2.24) is 0 Å². The second-order valence-electron chi connectivity index (χ2n) is 17.0. The first-order valence-electron chi connectivity index (χ1n) is 21.7. The molecule has 8 aromatic rings. The molecule has 0 unspecified atom stereocenters. The third-order valence-corrected chi connectivity index (χ3v) is 16.9. The smallest absolute Gasteiger partial charge is 0.201 e. The molecular weight excluding hydrogens is 1070 g/mol. The predicted molar refractivity (Wildman–Crippen MR) is 244 cm³/mol. The van der Waals surface area contributed by atoms with E-state index >= 15 is 35.1 Å². The molecule has 0 fully saturated rings. The maximum Gasteiger partial charge on any atom is 0.201 e. The third kappa shape index (κ3) is 9.06. The van der Waals surface area contributed by atoms with Gasteiger partial charge in [-0.05, 0) is 47.9 Å². The monoisotopic (exact) mass is 1100 g/mol. The van der Waals surface area contributed by atoms with Crippen molar-refractivity contribution in [2.24, 2.45) is 0 Å². The lowest BCUT2D eigenvalue weighted by molar-refractivity contribution is 0.102. The van der Waals surface area contributed by atoms with E-state index in [2.05, 4.69) is 98.8 Å². The first-order chi connectivity index (χ1) is 35.8. The number of hydrogen-bond donors (Lipinski definition) is 0. The number of carbonyl (C=O) groups is 1. The molecule has 0 saturated carbocycles. The van der Waals surface area contributed by atoms with Crippen LogP contribution in [-0.4, -0.2) is 18.1 Å². The Morgan fingerprint density at radius 2 is 0.539 bits per heavy atom. The van der Waals surface area contributed by atoms with Crippen LogP contribution in [0.2, 0.25) is 0 Å². The summed E-state index contributed by atoms with van der Waals surface area (Å²) in [5.41, 5.74) is -12.3. The zero-order valence-electron chi connectivity index (χ0n) is 38.2. The van der Waals surface area contributed by atoms with Crippen molar-refractivity contribution >= 4 is 57.0 Å². The van der Waals surface area contributed by atoms with E-state index in [1.165, 1.54) is 21.5 Å². The molecule has 0 atom stereocenters. The zero-order valence-corrected chi connectivity index (χ0v) is 39.1. The first kappa shape index (κ1) is 56.3. The Kier molecular flexibility index (Phi) is 16.0. The van der Waals surface area contributed by atoms with Crippen LogP contribution in [0.25, 0.3) is 0 Å². The van der Waals surface area contributed by atoms with E-state index < -0.39 is 152 Å². The quantitative estimate of drug-likeness (QED) is 0.0315. The van der Waals surface area contributed by atoms with Crippen molar-refractivity contribution in [2.45, 2.75) is 19.8 Å². The zero-order chi connectivity index (χ0) is 56.0. The minimum atomic E-state index is -7.22. The molecule has 8 rings (SSSR count). The van der Waals surface area contributed by atoms with Gasteiger partial charge < -0.3 is 0 Å². The van der Waals surface area contributed by atoms with Crippen LogP contribution in [0.15, 0.2) is 115 Å². The van der Waals surface area contributed by atoms with Crippen LogP contribution < -0.4 is 37.8 Å². The largest absolute Gasteiger partial charge is 0.290 e. The molecule has 0 aromatic heterocycles. The maximum atomic E-state index is 15.4. The number of Topliss-reactive ketones (excluding diaryl/α,β-unsaturated/α-hetero) is 1. The normalized spacial score (nSPS) is 11.8. The number of carbonyl (C=O) groups excluding carboxylic acids is 1. The molecule has 8 aromatic carbocycles. The van der Waals surface area contributed by atoms with Crippen LogP contribution in [0.4, 0.5) is 87.8 Å². The summed E-state index contributed by atoms with van der Waals surface area (Å²) in [6, 6.07) is 39.9. The first-order valence-corrected chi connectivity index (χ1v) is 23.7. The van der Waals surface area contributed by atoms with Crippen molar-refractivity contribution in [2.75, 3.05) is 6.16 Å². The lowest BCUT2D eigenvalue weighted by Crippen LogP contribution is -2.81. The lowest BCUT2D eigenvalue weighted by atomic mass is 9.12. The van der Waals surface area contributed by atoms with E-state index in [1.807, 2.05) is 30.3 Å². The fourth-order valence-corrected chi connectivity index (χ4v) is 13.1. The fourth-order valence-electron chi connectivity index (χ4n) is 9.00. The standard InChI is InChI=1S/C29H28OP.C24BF20/c1-23(2)24-18-20-25(21-19-24)29(30)22-31(26-12-6-3-7-13-26,27-14-8-4-9-15-27)28-16-10-5-11-17-28;26-5-1(6(27)14(35)21(42)13(5)34)25(2-7(28)15(36)22(43)16(37)8(2)29,3-9(30)17(38)23(44)18(39)10(3)31)4-11(32)19(40)24(45)20(41)12(4)33/h3-21,23H,22H2,1-2H3;/q+1;-1. The molecule has 76 heavy (non-hydrogen) atoms. The molecule has 394 valence electrons. The molecule has 0 bridgehead atoms. The van der Waals surface area contributed by atoms with Gasteiger partial charge in [0.15, 0.2) is 69.8 Å². The van der Waals surface area contributed by atoms with Crippen molar-refractivity contribution in [3.05, 3.63) is 243 Å². The summed E-state index contributed by atoms with van der Waals surface area (Å²) >= 11 is 0. The Balaban J connectivity index is 0.000000236. The van der Waals surface area contributed by atoms with E-state index in [1.54, 1.807) is 0 Å². The molecule has 0 saturated heterocycles. The van der Waals surface area contributed by atoms with Gasteiger partial charge in [0.25, 0.3) is 0 Å². The number of rotatable bonds is 11. The summed E-state index contributed by atoms with van der Waals surface area (Å²) in [6.45, 7) is 4.35. The van der Waals surface area contributed by atoms with Crippen molar-refractivity contribution in [1.29, 1.82) is 0 Å². The molecule has 23 heteroatoms. The minimum Gasteiger partial charge on any atom is -0.290 e. The molecule has 0 N–H and O–H groups in total. The van der Waals surface area contributed by atoms with Crippen molar-refractivity contribution in [3.63, 3.8) is 0 Å². The van der Waals surface area contributed by atoms with Crippen molar-refractivity contribution in [3.8, 4) is 0 Å². The van der Waals surface area contributed by atoms with Crippen LogP contribution in [0.5, 0.6) is 0 Å². The fraction of sp³-hybridized carbons (Fsp3) is 0.0755. The Morgan fingerprint density at radius 1 is 0.329 bits per heavy atom. The van der Waals surface area contributed by atoms with Gasteiger partial charge in [-0.1, -0.05) is 92.7 Å². The van der Waals surface area contributed by atoms with Gasteiger partial charge in [-0.3, -0.25) is 4.79 Å². The van der Waals surface area contributed by atoms with Crippen LogP contribution in [0.3, 0.4) is 0 Å². The number of ketones is 1. The van der Waals surface area contributed by atoms with Crippen LogP contribution in [0.1, 0.15) is 35.7 Å². The number of hydrogen-bond acceptors (Lipinski definition) is 1. The Hall–Kier alpha value is -7.48. The lowest BCUT2D eigenvalue weighted by Gasteiger charge is -2.44. The van der Waals surface area contributed by atoms with Gasteiger partial charge in [0.2, 0.25) is 5.78 Å². The summed E-state index contributed by atoms with van der Waals surface area (Å²) in [5, 5.41) is 3.71. The Morgan fingerprint density at radius 3 is 0.750 bits per heavy atom. The topological polar surface area (TPSA) is 17.1 Å². The Labute approximate surface area is 417 Å². The van der Waals surface area contributed by atoms with E-state index in [-0.39, 0.29) is 5.78 Å². The molecule has 0 spiro atoms.